The summed E-state index contributed by atoms with van der Waals surface area (Å²) in [6.45, 7) is 6.32. The van der Waals surface area contributed by atoms with Crippen molar-refractivity contribution in [3.63, 3.8) is 0 Å². The number of amides is 1. The average Bonchev–Trinajstić information content (AvgIpc) is 3.19. The molecule has 0 aromatic carbocycles. The van der Waals surface area contributed by atoms with Crippen molar-refractivity contribution in [2.45, 2.75) is 238 Å². The maximum absolute atomic E-state index is 13.1. The molecule has 0 aromatic rings. The van der Waals surface area contributed by atoms with E-state index in [2.05, 4.69) is 80.8 Å². The van der Waals surface area contributed by atoms with Crippen LogP contribution in [0.5, 0.6) is 0 Å². The Bertz CT molecular complexity index is 1010. The lowest BCUT2D eigenvalue weighted by Gasteiger charge is -2.24. The predicted octanol–water partition coefficient (Wildman–Crippen LogP) is 13.7. The molecule has 3 unspecified atom stereocenters. The molecular weight excluding hydrogens is 695 g/mol. The minimum Gasteiger partial charge on any atom is -0.462 e. The molecule has 0 saturated carbocycles. The second-order valence-electron chi connectivity index (χ2n) is 15.8. The summed E-state index contributed by atoms with van der Waals surface area (Å²) in [6.07, 6.45) is 52.9. The number of hydrogen-bond acceptors (Lipinski definition) is 5. The fourth-order valence-electron chi connectivity index (χ4n) is 6.83. The summed E-state index contributed by atoms with van der Waals surface area (Å²) in [6, 6.07) is -0.713. The van der Waals surface area contributed by atoms with Crippen LogP contribution < -0.4 is 5.32 Å². The molecule has 0 heterocycles. The number of nitrogens with one attached hydrogen (secondary N) is 1. The van der Waals surface area contributed by atoms with E-state index in [0.717, 1.165) is 70.6 Å². The zero-order chi connectivity index (χ0) is 41.0. The number of ether oxygens (including phenoxy) is 1. The number of rotatable bonds is 41. The highest BCUT2D eigenvalue weighted by Crippen LogP contribution is 2.17. The first-order valence-electron chi connectivity index (χ1n) is 23.5. The largest absolute Gasteiger partial charge is 0.462 e. The summed E-state index contributed by atoms with van der Waals surface area (Å²) in [4.78, 5) is 25.9. The smallest absolute Gasteiger partial charge is 0.306 e. The molecule has 0 aromatic heterocycles. The van der Waals surface area contributed by atoms with Crippen molar-refractivity contribution in [1.29, 1.82) is 0 Å². The molecule has 0 aliphatic rings. The van der Waals surface area contributed by atoms with Crippen LogP contribution in [0.3, 0.4) is 0 Å². The van der Waals surface area contributed by atoms with Gasteiger partial charge in [-0.25, -0.2) is 0 Å². The molecule has 6 nitrogen and oxygen atoms in total. The Morgan fingerprint density at radius 2 is 0.929 bits per heavy atom. The van der Waals surface area contributed by atoms with E-state index >= 15 is 0 Å². The topological polar surface area (TPSA) is 95.9 Å². The number of carbonyl (C=O) groups is 2. The van der Waals surface area contributed by atoms with Crippen LogP contribution >= 0.6 is 0 Å². The summed E-state index contributed by atoms with van der Waals surface area (Å²) < 4.78 is 5.85. The molecule has 0 aliphatic carbocycles. The summed E-state index contributed by atoms with van der Waals surface area (Å²) in [5.41, 5.74) is 0. The molecule has 56 heavy (non-hydrogen) atoms. The van der Waals surface area contributed by atoms with E-state index < -0.39 is 18.2 Å². The quantitative estimate of drug-likeness (QED) is 0.0326. The Kier molecular flexibility index (Phi) is 41.8. The van der Waals surface area contributed by atoms with Crippen LogP contribution in [0.15, 0.2) is 60.8 Å². The SMILES string of the molecule is CC/C=C/C/C=C/C/C=C/C/C=C/C/C=C/CCC(=O)OC(CCCCCCCCCC)CC(=O)NC(CO)C(O)CCCCCCCCCCCCCCC. The van der Waals surface area contributed by atoms with Crippen LogP contribution in [0.25, 0.3) is 0 Å². The maximum atomic E-state index is 13.1. The zero-order valence-electron chi connectivity index (χ0n) is 36.8. The fourth-order valence-corrected chi connectivity index (χ4v) is 6.83. The number of aliphatic hydroxyl groups is 2. The van der Waals surface area contributed by atoms with E-state index in [1.807, 2.05) is 6.08 Å². The number of aliphatic hydroxyl groups excluding tert-OH is 2. The van der Waals surface area contributed by atoms with Gasteiger partial charge in [0.2, 0.25) is 5.91 Å². The molecule has 0 fully saturated rings. The highest BCUT2D eigenvalue weighted by molar-refractivity contribution is 5.77. The molecule has 0 rings (SSSR count). The van der Waals surface area contributed by atoms with E-state index in [-0.39, 0.29) is 31.3 Å². The third kappa shape index (κ3) is 38.4. The second-order valence-corrected chi connectivity index (χ2v) is 15.8. The first-order valence-corrected chi connectivity index (χ1v) is 23.5. The highest BCUT2D eigenvalue weighted by Gasteiger charge is 2.24. The van der Waals surface area contributed by atoms with Crippen molar-refractivity contribution >= 4 is 11.9 Å². The Morgan fingerprint density at radius 3 is 1.36 bits per heavy atom. The monoisotopic (exact) mass is 784 g/mol. The first-order chi connectivity index (χ1) is 27.5. The van der Waals surface area contributed by atoms with Crippen LogP contribution in [0.2, 0.25) is 0 Å². The highest BCUT2D eigenvalue weighted by atomic mass is 16.5. The maximum Gasteiger partial charge on any atom is 0.306 e. The van der Waals surface area contributed by atoms with Gasteiger partial charge in [0, 0.05) is 6.42 Å². The van der Waals surface area contributed by atoms with Gasteiger partial charge < -0.3 is 20.3 Å². The van der Waals surface area contributed by atoms with Gasteiger partial charge in [-0.05, 0) is 57.8 Å². The van der Waals surface area contributed by atoms with Gasteiger partial charge in [0.05, 0.1) is 25.2 Å². The number of allylic oxidation sites excluding steroid dienone is 10. The van der Waals surface area contributed by atoms with Gasteiger partial charge in [-0.15, -0.1) is 0 Å². The lowest BCUT2D eigenvalue weighted by atomic mass is 10.0. The second kappa shape index (κ2) is 43.7. The minimum absolute atomic E-state index is 0.0475. The predicted molar refractivity (Wildman–Crippen MR) is 241 cm³/mol. The van der Waals surface area contributed by atoms with Crippen molar-refractivity contribution in [1.82, 2.24) is 5.32 Å². The average molecular weight is 784 g/mol. The number of esters is 1. The summed E-state index contributed by atoms with van der Waals surface area (Å²) in [5, 5.41) is 23.6. The van der Waals surface area contributed by atoms with Crippen LogP contribution in [-0.2, 0) is 14.3 Å². The summed E-state index contributed by atoms with van der Waals surface area (Å²) >= 11 is 0. The van der Waals surface area contributed by atoms with Gasteiger partial charge in [-0.1, -0.05) is 210 Å². The summed E-state index contributed by atoms with van der Waals surface area (Å²) in [7, 11) is 0. The Hall–Kier alpha value is -2.44. The Morgan fingerprint density at radius 1 is 0.536 bits per heavy atom. The molecule has 0 radical (unpaired) electrons. The van der Waals surface area contributed by atoms with Gasteiger partial charge >= 0.3 is 5.97 Å². The summed E-state index contributed by atoms with van der Waals surface area (Å²) in [5.74, 6) is -0.576. The van der Waals surface area contributed by atoms with Crippen LogP contribution in [0, 0.1) is 0 Å². The fraction of sp³-hybridized carbons (Fsp3) is 0.760. The van der Waals surface area contributed by atoms with E-state index in [0.29, 0.717) is 19.3 Å². The number of hydrogen-bond donors (Lipinski definition) is 3. The van der Waals surface area contributed by atoms with E-state index in [4.69, 9.17) is 4.74 Å². The molecule has 0 spiro atoms. The third-order valence-corrected chi connectivity index (χ3v) is 10.4. The van der Waals surface area contributed by atoms with Crippen molar-refractivity contribution in [3.05, 3.63) is 60.8 Å². The third-order valence-electron chi connectivity index (χ3n) is 10.4. The minimum atomic E-state index is -0.797. The zero-order valence-corrected chi connectivity index (χ0v) is 36.8. The lowest BCUT2D eigenvalue weighted by molar-refractivity contribution is -0.150. The normalized spacial score (nSPS) is 13.9. The van der Waals surface area contributed by atoms with Crippen molar-refractivity contribution in [3.8, 4) is 0 Å². The molecular formula is C50H89NO5. The Labute approximate surface area is 346 Å². The van der Waals surface area contributed by atoms with E-state index in [9.17, 15) is 19.8 Å². The molecule has 324 valence electrons. The molecule has 0 bridgehead atoms. The van der Waals surface area contributed by atoms with Crippen molar-refractivity contribution < 1.29 is 24.5 Å². The number of carbonyl (C=O) groups excluding carboxylic acids is 2. The first kappa shape index (κ1) is 53.6. The van der Waals surface area contributed by atoms with Gasteiger partial charge in [-0.2, -0.15) is 0 Å². The molecule has 0 aliphatic heterocycles. The van der Waals surface area contributed by atoms with E-state index in [1.54, 1.807) is 0 Å². The number of unbranched alkanes of at least 4 members (excludes halogenated alkanes) is 19. The lowest BCUT2D eigenvalue weighted by Crippen LogP contribution is -2.46. The van der Waals surface area contributed by atoms with Crippen molar-refractivity contribution in [2.75, 3.05) is 6.61 Å². The van der Waals surface area contributed by atoms with E-state index in [1.165, 1.54) is 96.3 Å². The van der Waals surface area contributed by atoms with Gasteiger partial charge in [-0.3, -0.25) is 9.59 Å². The Balaban J connectivity index is 4.58. The van der Waals surface area contributed by atoms with Crippen LogP contribution in [0.4, 0.5) is 0 Å². The van der Waals surface area contributed by atoms with Gasteiger partial charge in [0.15, 0.2) is 0 Å². The molecule has 1 amide bonds. The van der Waals surface area contributed by atoms with Crippen LogP contribution in [0.1, 0.15) is 220 Å². The van der Waals surface area contributed by atoms with Crippen molar-refractivity contribution in [2.24, 2.45) is 0 Å². The molecule has 3 atom stereocenters. The standard InChI is InChI=1S/C50H89NO5/c1-4-7-10-13-16-19-21-23-24-25-27-29-31-34-37-40-43-50(55)56-46(41-38-35-32-18-15-12-9-6-3)44-49(54)51-47(45-52)48(53)42-39-36-33-30-28-26-22-20-17-14-11-8-5-2/h7,10,16,19,23-24,27,29,34,37,46-48,52-53H,4-6,8-9,11-15,17-18,20-22,25-26,28,30-33,35-36,38-45H2,1-3H3,(H,51,54)/b10-7+,19-16+,24-23+,29-27+,37-34+. The van der Waals surface area contributed by atoms with Gasteiger partial charge in [0.25, 0.3) is 0 Å². The molecule has 6 heteroatoms. The van der Waals surface area contributed by atoms with Gasteiger partial charge in [0.1, 0.15) is 6.10 Å². The molecule has 3 N–H and O–H groups in total. The molecule has 0 saturated heterocycles. The van der Waals surface area contributed by atoms with Crippen LogP contribution in [-0.4, -0.2) is 46.9 Å².